The zero-order chi connectivity index (χ0) is 15.2. The van der Waals surface area contributed by atoms with Gasteiger partial charge in [0.2, 0.25) is 0 Å². The van der Waals surface area contributed by atoms with Crippen LogP contribution in [0.25, 0.3) is 0 Å². The van der Waals surface area contributed by atoms with Crippen molar-refractivity contribution in [1.82, 2.24) is 9.80 Å². The third-order valence-corrected chi connectivity index (χ3v) is 4.72. The van der Waals surface area contributed by atoms with E-state index in [1.807, 2.05) is 27.7 Å². The average Bonchev–Trinajstić information content (AvgIpc) is 2.35. The van der Waals surface area contributed by atoms with Crippen LogP contribution in [-0.2, 0) is 0 Å². The first-order valence-electron chi connectivity index (χ1n) is 7.35. The third-order valence-electron chi connectivity index (χ3n) is 3.56. The smallest absolute Gasteiger partial charge is 0.0113 e. The normalized spacial score (nSPS) is 20.7. The molecule has 0 N–H and O–H groups in total. The Morgan fingerprint density at radius 3 is 1.30 bits per heavy atom. The van der Waals surface area contributed by atoms with Crippen molar-refractivity contribution in [2.75, 3.05) is 39.3 Å². The van der Waals surface area contributed by atoms with Crippen molar-refractivity contribution < 1.29 is 9.11 Å². The van der Waals surface area contributed by atoms with Crippen LogP contribution in [0.3, 0.4) is 0 Å². The zero-order valence-corrected chi connectivity index (χ0v) is 14.8. The molecule has 0 aromatic heterocycles. The Labute approximate surface area is 132 Å². The van der Waals surface area contributed by atoms with E-state index in [0.717, 1.165) is 52.1 Å². The maximum absolute atomic E-state index is 11.1. The first kappa shape index (κ1) is 18.6. The quantitative estimate of drug-likeness (QED) is 0.701. The summed E-state index contributed by atoms with van der Waals surface area (Å²) < 4.78 is 21.7. The molecule has 0 amide bonds. The van der Waals surface area contributed by atoms with E-state index in [1.165, 1.54) is 0 Å². The first-order valence-corrected chi connectivity index (χ1v) is 8.83. The minimum atomic E-state index is -0.208. The summed E-state index contributed by atoms with van der Waals surface area (Å²) in [4.78, 5) is 4.82. The van der Waals surface area contributed by atoms with E-state index in [2.05, 4.69) is 9.80 Å². The van der Waals surface area contributed by atoms with Crippen molar-refractivity contribution in [3.05, 3.63) is 0 Å². The molecule has 0 radical (unpaired) electrons. The van der Waals surface area contributed by atoms with Crippen molar-refractivity contribution in [3.63, 3.8) is 0 Å². The topological polar surface area (TPSA) is 52.6 Å². The van der Waals surface area contributed by atoms with Gasteiger partial charge in [-0.05, 0) is 39.0 Å². The highest BCUT2D eigenvalue weighted by Gasteiger charge is 2.22. The van der Waals surface area contributed by atoms with Crippen LogP contribution in [0.5, 0.6) is 0 Å². The molecule has 6 heteroatoms. The summed E-state index contributed by atoms with van der Waals surface area (Å²) in [7, 11) is 0. The molecule has 1 fully saturated rings. The van der Waals surface area contributed by atoms with Crippen LogP contribution in [0.2, 0.25) is 0 Å². The molecule has 4 nitrogen and oxygen atoms in total. The summed E-state index contributed by atoms with van der Waals surface area (Å²) in [5, 5.41) is 0. The number of hydrogen-bond acceptors (Lipinski definition) is 6. The SMILES string of the molecule is CC(C)(CN1CCCN(CC(C)(C)S[O-])CCC1)S[O-]. The molecule has 1 rings (SSSR count). The Kier molecular flexibility index (Phi) is 7.66. The van der Waals surface area contributed by atoms with E-state index >= 15 is 0 Å². The summed E-state index contributed by atoms with van der Waals surface area (Å²) in [6, 6.07) is 0. The monoisotopic (exact) mass is 320 g/mol. The fourth-order valence-corrected chi connectivity index (χ4v) is 3.18. The highest BCUT2D eigenvalue weighted by molar-refractivity contribution is 7.95. The van der Waals surface area contributed by atoms with Gasteiger partial charge in [-0.15, -0.1) is 0 Å². The van der Waals surface area contributed by atoms with Crippen LogP contribution in [0.15, 0.2) is 0 Å². The van der Waals surface area contributed by atoms with Crippen LogP contribution in [0.4, 0.5) is 0 Å². The van der Waals surface area contributed by atoms with Gasteiger partial charge < -0.3 is 18.9 Å². The van der Waals surface area contributed by atoms with Gasteiger partial charge in [0, 0.05) is 22.6 Å². The molecule has 1 aliphatic heterocycles. The first-order chi connectivity index (χ1) is 9.28. The van der Waals surface area contributed by atoms with Gasteiger partial charge in [-0.25, -0.2) is 0 Å². The Morgan fingerprint density at radius 2 is 1.05 bits per heavy atom. The molecule has 0 aliphatic carbocycles. The van der Waals surface area contributed by atoms with E-state index in [-0.39, 0.29) is 9.49 Å². The molecule has 0 spiro atoms. The molecule has 0 unspecified atom stereocenters. The molecule has 0 atom stereocenters. The fourth-order valence-electron chi connectivity index (χ4n) is 2.71. The van der Waals surface area contributed by atoms with Crippen LogP contribution in [0.1, 0.15) is 40.5 Å². The van der Waals surface area contributed by atoms with Gasteiger partial charge in [0.15, 0.2) is 0 Å². The third kappa shape index (κ3) is 7.00. The van der Waals surface area contributed by atoms with Crippen molar-refractivity contribution >= 4 is 24.1 Å². The van der Waals surface area contributed by atoms with Crippen molar-refractivity contribution in [2.24, 2.45) is 0 Å². The molecule has 20 heavy (non-hydrogen) atoms. The lowest BCUT2D eigenvalue weighted by molar-refractivity contribution is 0.168. The maximum atomic E-state index is 11.1. The minimum Gasteiger partial charge on any atom is -0.799 e. The van der Waals surface area contributed by atoms with Crippen LogP contribution in [0, 0.1) is 0 Å². The molecule has 120 valence electrons. The van der Waals surface area contributed by atoms with E-state index in [4.69, 9.17) is 0 Å². The molecule has 0 aromatic carbocycles. The van der Waals surface area contributed by atoms with Gasteiger partial charge in [0.25, 0.3) is 0 Å². The predicted molar refractivity (Wildman–Crippen MR) is 87.0 cm³/mol. The number of rotatable bonds is 6. The van der Waals surface area contributed by atoms with Crippen molar-refractivity contribution in [3.8, 4) is 0 Å². The lowest BCUT2D eigenvalue weighted by Crippen LogP contribution is -2.44. The highest BCUT2D eigenvalue weighted by Crippen LogP contribution is 2.24. The van der Waals surface area contributed by atoms with Gasteiger partial charge in [-0.3, -0.25) is 24.1 Å². The summed E-state index contributed by atoms with van der Waals surface area (Å²) in [5.41, 5.74) is 0. The molecule has 0 aromatic rings. The lowest BCUT2D eigenvalue weighted by Gasteiger charge is -2.39. The molecule has 0 bridgehead atoms. The predicted octanol–water partition coefficient (Wildman–Crippen LogP) is 2.67. The lowest BCUT2D eigenvalue weighted by atomic mass is 10.1. The summed E-state index contributed by atoms with van der Waals surface area (Å²) in [6.07, 6.45) is 2.22. The Bertz CT molecular complexity index is 252. The van der Waals surface area contributed by atoms with E-state index in [1.54, 1.807) is 0 Å². The Morgan fingerprint density at radius 1 is 0.750 bits per heavy atom. The molecule has 1 saturated heterocycles. The maximum Gasteiger partial charge on any atom is 0.0113 e. The second kappa shape index (κ2) is 8.25. The highest BCUT2D eigenvalue weighted by atomic mass is 32.2. The van der Waals surface area contributed by atoms with E-state index in [9.17, 15) is 9.11 Å². The van der Waals surface area contributed by atoms with Gasteiger partial charge in [0.05, 0.1) is 0 Å². The molecule has 1 aliphatic rings. The standard InChI is InChI=1S/C14H30N2O2S2/c1-13(2,19-17)11-15-7-5-9-16(10-6-8-15)12-14(3,4)20-18/h17-18H,5-12H2,1-4H3/p-2. The molecule has 1 heterocycles. The minimum absolute atomic E-state index is 0.208. The second-order valence-corrected chi connectivity index (χ2v) is 9.49. The van der Waals surface area contributed by atoms with Gasteiger partial charge in [-0.1, -0.05) is 27.7 Å². The summed E-state index contributed by atoms with van der Waals surface area (Å²) >= 11 is 1.41. The fraction of sp³-hybridized carbons (Fsp3) is 1.00. The summed E-state index contributed by atoms with van der Waals surface area (Å²) in [6.45, 7) is 14.0. The number of nitrogens with zero attached hydrogens (tertiary/aromatic N) is 2. The van der Waals surface area contributed by atoms with Gasteiger partial charge >= 0.3 is 0 Å². The van der Waals surface area contributed by atoms with Crippen molar-refractivity contribution in [1.29, 1.82) is 0 Å². The number of hydrogen-bond donors (Lipinski definition) is 0. The Balaban J connectivity index is 2.40. The van der Waals surface area contributed by atoms with E-state index < -0.39 is 0 Å². The van der Waals surface area contributed by atoms with Crippen LogP contribution < -0.4 is 0 Å². The van der Waals surface area contributed by atoms with Gasteiger partial charge in [-0.2, -0.15) is 0 Å². The van der Waals surface area contributed by atoms with Gasteiger partial charge in [0.1, 0.15) is 0 Å². The second-order valence-electron chi connectivity index (χ2n) is 6.95. The van der Waals surface area contributed by atoms with E-state index in [0.29, 0.717) is 24.1 Å². The molecular weight excluding hydrogens is 292 g/mol. The van der Waals surface area contributed by atoms with Crippen LogP contribution >= 0.6 is 24.1 Å². The molecule has 0 saturated carbocycles. The molecular formula is C14H28N2O2S2-2. The van der Waals surface area contributed by atoms with Crippen molar-refractivity contribution in [2.45, 2.75) is 50.0 Å². The zero-order valence-electron chi connectivity index (χ0n) is 13.2. The van der Waals surface area contributed by atoms with Crippen LogP contribution in [-0.4, -0.2) is 67.7 Å². The summed E-state index contributed by atoms with van der Waals surface area (Å²) in [5.74, 6) is 0. The largest absolute Gasteiger partial charge is 0.799 e. The Hall–Kier alpha value is 0.540. The average molecular weight is 321 g/mol.